The quantitative estimate of drug-likeness (QED) is 0.655. The third kappa shape index (κ3) is 3.78. The molecule has 7 heteroatoms. The summed E-state index contributed by atoms with van der Waals surface area (Å²) in [6.45, 7) is 0. The van der Waals surface area contributed by atoms with Crippen LogP contribution in [0.5, 0.6) is 23.0 Å². The molecule has 1 atom stereocenters. The first-order valence-electron chi connectivity index (χ1n) is 7.79. The van der Waals surface area contributed by atoms with Gasteiger partial charge in [0.25, 0.3) is 0 Å². The van der Waals surface area contributed by atoms with Gasteiger partial charge in [-0.15, -0.1) is 0 Å². The van der Waals surface area contributed by atoms with Gasteiger partial charge < -0.3 is 28.8 Å². The minimum absolute atomic E-state index is 0.190. The number of carbonyl (C=O) groups is 1. The van der Waals surface area contributed by atoms with Crippen molar-refractivity contribution in [3.8, 4) is 23.0 Å². The maximum Gasteiger partial charge on any atom is 0.175 e. The number of aliphatic hydroxyl groups is 1. The van der Waals surface area contributed by atoms with Crippen LogP contribution >= 0.6 is 15.9 Å². The molecular weight excluding hydrogens is 404 g/mol. The van der Waals surface area contributed by atoms with E-state index in [0.29, 0.717) is 44.2 Å². The second-order valence-electron chi connectivity index (χ2n) is 5.38. The number of hydrogen-bond donors (Lipinski definition) is 1. The molecule has 2 rings (SSSR count). The summed E-state index contributed by atoms with van der Waals surface area (Å²) in [6.07, 6.45) is -0.0350. The summed E-state index contributed by atoms with van der Waals surface area (Å²) in [4.78, 5) is 10.9. The molecule has 6 nitrogen and oxygen atoms in total. The lowest BCUT2D eigenvalue weighted by atomic mass is 9.97. The number of aldehydes is 1. The van der Waals surface area contributed by atoms with Crippen molar-refractivity contribution in [2.24, 2.45) is 0 Å². The van der Waals surface area contributed by atoms with Gasteiger partial charge in [0.15, 0.2) is 11.5 Å². The van der Waals surface area contributed by atoms with Crippen LogP contribution in [0.3, 0.4) is 0 Å². The molecule has 0 spiro atoms. The van der Waals surface area contributed by atoms with Gasteiger partial charge in [0.2, 0.25) is 0 Å². The molecule has 0 saturated carbocycles. The van der Waals surface area contributed by atoms with Gasteiger partial charge in [-0.25, -0.2) is 0 Å². The van der Waals surface area contributed by atoms with E-state index in [0.717, 1.165) is 6.29 Å². The van der Waals surface area contributed by atoms with Crippen LogP contribution in [0.25, 0.3) is 0 Å². The summed E-state index contributed by atoms with van der Waals surface area (Å²) in [5.74, 6) is 1.98. The van der Waals surface area contributed by atoms with Crippen LogP contribution in [0.1, 0.15) is 22.8 Å². The summed E-state index contributed by atoms with van der Waals surface area (Å²) in [7, 11) is 6.08. The van der Waals surface area contributed by atoms with Crippen molar-refractivity contribution in [2.75, 3.05) is 28.4 Å². The van der Waals surface area contributed by atoms with Crippen LogP contribution in [-0.2, 0) is 11.2 Å². The summed E-state index contributed by atoms with van der Waals surface area (Å²) in [5, 5.41) is 11.0. The van der Waals surface area contributed by atoms with E-state index in [1.807, 2.05) is 0 Å². The zero-order valence-electron chi connectivity index (χ0n) is 15.0. The highest BCUT2D eigenvalue weighted by atomic mass is 79.9. The molecule has 140 valence electrons. The minimum atomic E-state index is -1.02. The van der Waals surface area contributed by atoms with Crippen molar-refractivity contribution in [3.63, 3.8) is 0 Å². The number of carbonyl (C=O) groups excluding carboxylic acids is 1. The number of benzene rings is 2. The highest BCUT2D eigenvalue weighted by Gasteiger charge is 2.24. The molecule has 0 saturated heterocycles. The maximum atomic E-state index is 11.0. The molecule has 1 N–H and O–H groups in total. The van der Waals surface area contributed by atoms with Crippen LogP contribution in [-0.4, -0.2) is 39.8 Å². The first kappa shape index (κ1) is 20.1. The summed E-state index contributed by atoms with van der Waals surface area (Å²) in [6, 6.07) is 6.82. The van der Waals surface area contributed by atoms with Crippen molar-refractivity contribution in [2.45, 2.75) is 12.5 Å². The Kier molecular flexibility index (Phi) is 6.88. The molecule has 0 heterocycles. The molecule has 2 aromatic rings. The Morgan fingerprint density at radius 2 is 1.62 bits per heavy atom. The van der Waals surface area contributed by atoms with Crippen LogP contribution in [0.2, 0.25) is 0 Å². The average Bonchev–Trinajstić information content (AvgIpc) is 2.66. The van der Waals surface area contributed by atoms with E-state index in [2.05, 4.69) is 15.9 Å². The molecule has 1 unspecified atom stereocenters. The molecular formula is C19H21BrO6. The molecule has 26 heavy (non-hydrogen) atoms. The molecule has 0 aliphatic rings. The zero-order chi connectivity index (χ0) is 19.3. The van der Waals surface area contributed by atoms with Crippen LogP contribution < -0.4 is 18.9 Å². The average molecular weight is 425 g/mol. The monoisotopic (exact) mass is 424 g/mol. The van der Waals surface area contributed by atoms with E-state index < -0.39 is 6.10 Å². The van der Waals surface area contributed by atoms with Crippen molar-refractivity contribution < 1.29 is 28.8 Å². The first-order valence-corrected chi connectivity index (χ1v) is 8.58. The second-order valence-corrected chi connectivity index (χ2v) is 6.18. The normalized spacial score (nSPS) is 11.6. The zero-order valence-corrected chi connectivity index (χ0v) is 16.6. The van der Waals surface area contributed by atoms with Gasteiger partial charge in [0.1, 0.15) is 23.9 Å². The summed E-state index contributed by atoms with van der Waals surface area (Å²) < 4.78 is 22.0. The Hall–Kier alpha value is -2.25. The summed E-state index contributed by atoms with van der Waals surface area (Å²) >= 11 is 3.47. The van der Waals surface area contributed by atoms with Crippen molar-refractivity contribution in [1.82, 2.24) is 0 Å². The molecule has 0 fully saturated rings. The Bertz CT molecular complexity index is 790. The van der Waals surface area contributed by atoms with Gasteiger partial charge in [-0.2, -0.15) is 0 Å². The van der Waals surface area contributed by atoms with E-state index in [9.17, 15) is 9.90 Å². The summed E-state index contributed by atoms with van der Waals surface area (Å²) in [5.41, 5.74) is 1.76. The largest absolute Gasteiger partial charge is 0.496 e. The van der Waals surface area contributed by atoms with E-state index >= 15 is 0 Å². The lowest BCUT2D eigenvalue weighted by Gasteiger charge is -2.20. The Morgan fingerprint density at radius 1 is 0.962 bits per heavy atom. The number of rotatable bonds is 8. The number of methoxy groups -OCH3 is 4. The van der Waals surface area contributed by atoms with E-state index in [-0.39, 0.29) is 6.42 Å². The standard InChI is InChI=1S/C19H21BrO6/c1-23-14-6-5-12(17(20)19(14)26-4)18(22)13-10-15(24-2)11(7-8-21)9-16(13)25-3/h5-6,8-10,18,22H,7H2,1-4H3. The fraction of sp³-hybridized carbons (Fsp3) is 0.316. The highest BCUT2D eigenvalue weighted by Crippen LogP contribution is 2.43. The third-order valence-corrected chi connectivity index (χ3v) is 4.86. The molecule has 0 aliphatic carbocycles. The smallest absolute Gasteiger partial charge is 0.175 e. The second kappa shape index (κ2) is 8.91. The van der Waals surface area contributed by atoms with Crippen LogP contribution in [0.15, 0.2) is 28.7 Å². The predicted octanol–water partition coefficient (Wildman–Crippen LogP) is 3.31. The SMILES string of the molecule is COc1cc(C(O)c2ccc(OC)c(OC)c2Br)c(OC)cc1CC=O. The molecule has 2 aromatic carbocycles. The van der Waals surface area contributed by atoms with Crippen molar-refractivity contribution >= 4 is 22.2 Å². The fourth-order valence-corrected chi connectivity index (χ4v) is 3.44. The van der Waals surface area contributed by atoms with E-state index in [1.54, 1.807) is 31.4 Å². The van der Waals surface area contributed by atoms with Gasteiger partial charge >= 0.3 is 0 Å². The Balaban J connectivity index is 2.59. The van der Waals surface area contributed by atoms with Gasteiger partial charge in [-0.3, -0.25) is 0 Å². The number of halogens is 1. The van der Waals surface area contributed by atoms with Gasteiger partial charge in [0.05, 0.1) is 32.9 Å². The lowest BCUT2D eigenvalue weighted by molar-refractivity contribution is -0.107. The van der Waals surface area contributed by atoms with Crippen LogP contribution in [0.4, 0.5) is 0 Å². The first-order chi connectivity index (χ1) is 12.5. The molecule has 0 aliphatic heterocycles. The van der Waals surface area contributed by atoms with Gasteiger partial charge in [-0.05, 0) is 34.1 Å². The number of aliphatic hydroxyl groups excluding tert-OH is 1. The van der Waals surface area contributed by atoms with Crippen LogP contribution in [0, 0.1) is 0 Å². The minimum Gasteiger partial charge on any atom is -0.496 e. The topological polar surface area (TPSA) is 74.2 Å². The van der Waals surface area contributed by atoms with Crippen molar-refractivity contribution in [3.05, 3.63) is 45.4 Å². The molecule has 0 bridgehead atoms. The molecule has 0 amide bonds. The number of hydrogen-bond acceptors (Lipinski definition) is 6. The Morgan fingerprint density at radius 3 is 2.15 bits per heavy atom. The highest BCUT2D eigenvalue weighted by molar-refractivity contribution is 9.10. The number of ether oxygens (including phenoxy) is 4. The van der Waals surface area contributed by atoms with Gasteiger partial charge in [0, 0.05) is 23.1 Å². The lowest BCUT2D eigenvalue weighted by Crippen LogP contribution is -2.07. The predicted molar refractivity (Wildman–Crippen MR) is 101 cm³/mol. The fourth-order valence-electron chi connectivity index (χ4n) is 2.73. The van der Waals surface area contributed by atoms with E-state index in [4.69, 9.17) is 18.9 Å². The Labute approximate surface area is 160 Å². The third-order valence-electron chi connectivity index (χ3n) is 4.04. The van der Waals surface area contributed by atoms with Crippen molar-refractivity contribution in [1.29, 1.82) is 0 Å². The van der Waals surface area contributed by atoms with E-state index in [1.165, 1.54) is 21.3 Å². The molecule has 0 aromatic heterocycles. The molecule has 0 radical (unpaired) electrons. The van der Waals surface area contributed by atoms with Gasteiger partial charge in [-0.1, -0.05) is 6.07 Å². The maximum absolute atomic E-state index is 11.0.